The SMILES string of the molecule is Cc1cn([C@@H]2O[C@@]3(CO[Si](c4ccccc4)(c4ccccc4)C(C)(C)C)[C@@H](S)S[C@@H]2[C@@H]3O[Si](c2ccccc2)(c2ccccc2)C(C)(C)C)c(=O)[nH]c1=O. The minimum atomic E-state index is -3.15. The predicted octanol–water partition coefficient (Wildman–Crippen LogP) is 6.01. The van der Waals surface area contributed by atoms with Crippen LogP contribution in [0.15, 0.2) is 137 Å². The molecule has 2 fully saturated rings. The molecule has 3 heterocycles. The molecule has 0 unspecified atom stereocenters. The highest BCUT2D eigenvalue weighted by Crippen LogP contribution is 2.60. The van der Waals surface area contributed by atoms with Crippen molar-refractivity contribution in [1.82, 2.24) is 9.55 Å². The van der Waals surface area contributed by atoms with Crippen LogP contribution in [0.25, 0.3) is 0 Å². The van der Waals surface area contributed by atoms with E-state index in [4.69, 9.17) is 26.2 Å². The van der Waals surface area contributed by atoms with Gasteiger partial charge in [-0.3, -0.25) is 14.3 Å². The minimum absolute atomic E-state index is 0.175. The van der Waals surface area contributed by atoms with Gasteiger partial charge in [-0.1, -0.05) is 163 Å². The van der Waals surface area contributed by atoms with Crippen molar-refractivity contribution in [3.63, 3.8) is 0 Å². The van der Waals surface area contributed by atoms with Gasteiger partial charge in [0.05, 0.1) is 22.5 Å². The van der Waals surface area contributed by atoms with E-state index in [9.17, 15) is 9.59 Å². The lowest BCUT2D eigenvalue weighted by Gasteiger charge is -2.48. The van der Waals surface area contributed by atoms with E-state index in [0.29, 0.717) is 5.56 Å². The van der Waals surface area contributed by atoms with Gasteiger partial charge in [0.25, 0.3) is 22.2 Å². The Bertz CT molecular complexity index is 2110. The van der Waals surface area contributed by atoms with Gasteiger partial charge >= 0.3 is 5.69 Å². The largest absolute Gasteiger partial charge is 0.404 e. The highest BCUT2D eigenvalue weighted by atomic mass is 32.2. The monoisotopic (exact) mass is 794 g/mol. The number of nitrogens with zero attached hydrogens (tertiary/aromatic N) is 1. The van der Waals surface area contributed by atoms with Crippen molar-refractivity contribution in [2.75, 3.05) is 6.61 Å². The molecule has 4 aromatic carbocycles. The van der Waals surface area contributed by atoms with E-state index in [0.717, 1.165) is 20.7 Å². The molecule has 7 nitrogen and oxygen atoms in total. The van der Waals surface area contributed by atoms with Gasteiger partial charge < -0.3 is 13.6 Å². The lowest BCUT2D eigenvalue weighted by molar-refractivity contribution is -0.113. The molecular formula is C43H50N2O5S2Si2. The second-order valence-electron chi connectivity index (χ2n) is 16.5. The van der Waals surface area contributed by atoms with Gasteiger partial charge in [0.1, 0.15) is 5.60 Å². The molecule has 11 heteroatoms. The predicted molar refractivity (Wildman–Crippen MR) is 229 cm³/mol. The van der Waals surface area contributed by atoms with Crippen LogP contribution in [0.2, 0.25) is 10.1 Å². The first kappa shape index (κ1) is 38.8. The molecule has 54 heavy (non-hydrogen) atoms. The third kappa shape index (κ3) is 6.35. The maximum Gasteiger partial charge on any atom is 0.330 e. The van der Waals surface area contributed by atoms with Gasteiger partial charge in [0, 0.05) is 11.8 Å². The van der Waals surface area contributed by atoms with Gasteiger partial charge in [-0.2, -0.15) is 12.6 Å². The molecule has 282 valence electrons. The normalized spacial score (nSPS) is 23.1. The van der Waals surface area contributed by atoms with Crippen molar-refractivity contribution in [3.8, 4) is 0 Å². The molecule has 0 aliphatic carbocycles. The Morgan fingerprint density at radius 1 is 0.741 bits per heavy atom. The molecule has 5 atom stereocenters. The van der Waals surface area contributed by atoms with Crippen LogP contribution in [0.5, 0.6) is 0 Å². The Hall–Kier alpha value is -3.43. The van der Waals surface area contributed by atoms with E-state index in [1.165, 1.54) is 4.57 Å². The summed E-state index contributed by atoms with van der Waals surface area (Å²) in [4.78, 5) is 28.7. The molecule has 2 aliphatic rings. The molecule has 1 N–H and O–H groups in total. The van der Waals surface area contributed by atoms with Crippen LogP contribution in [0.3, 0.4) is 0 Å². The molecule has 7 rings (SSSR count). The lowest BCUT2D eigenvalue weighted by Crippen LogP contribution is -2.71. The zero-order valence-electron chi connectivity index (χ0n) is 32.0. The Balaban J connectivity index is 1.44. The second kappa shape index (κ2) is 14.6. The topological polar surface area (TPSA) is 82.6 Å². The molecule has 2 aliphatic heterocycles. The first-order valence-corrected chi connectivity index (χ1v) is 23.8. The standard InChI is InChI=1S/C43H50N2O5S2Si2/c1-30-28-45(40(47)44-37(30)46)38-35-36(50-54(42(5,6)7,33-24-16-10-17-25-33)34-26-18-11-19-27-34)43(49-38,39(51)52-35)29-48-53(41(2,3)4,31-20-12-8-13-21-31)32-22-14-9-15-23-32/h8-28,35-36,38-39,51H,29H2,1-7H3,(H,44,46,47)/t35-,36+,38-,39+,43-/m1/s1. The minimum Gasteiger partial charge on any atom is -0.404 e. The Morgan fingerprint density at radius 2 is 1.17 bits per heavy atom. The van der Waals surface area contributed by atoms with Crippen LogP contribution in [0, 0.1) is 6.92 Å². The molecule has 2 bridgehead atoms. The number of aromatic amines is 1. The third-order valence-electron chi connectivity index (χ3n) is 11.2. The zero-order chi connectivity index (χ0) is 38.5. The molecule has 0 amide bonds. The van der Waals surface area contributed by atoms with E-state index in [2.05, 4.69) is 144 Å². The van der Waals surface area contributed by atoms with E-state index in [1.54, 1.807) is 24.9 Å². The summed E-state index contributed by atoms with van der Waals surface area (Å²) in [5.41, 5.74) is -1.60. The number of aryl methyl sites for hydroxylation is 1. The number of hydrogen-bond donors (Lipinski definition) is 2. The van der Waals surface area contributed by atoms with Crippen molar-refractivity contribution in [1.29, 1.82) is 0 Å². The maximum absolute atomic E-state index is 13.6. The fourth-order valence-corrected chi connectivity index (χ4v) is 20.3. The van der Waals surface area contributed by atoms with Crippen molar-refractivity contribution in [2.24, 2.45) is 0 Å². The number of thioether (sulfide) groups is 1. The second-order valence-corrected chi connectivity index (χ2v) is 27.3. The fraction of sp³-hybridized carbons (Fsp3) is 0.349. The zero-order valence-corrected chi connectivity index (χ0v) is 35.7. The number of hydrogen-bond acceptors (Lipinski definition) is 7. The first-order chi connectivity index (χ1) is 25.7. The average Bonchev–Trinajstić information content (AvgIpc) is 3.59. The molecule has 0 saturated carbocycles. The number of nitrogens with one attached hydrogen (secondary N) is 1. The van der Waals surface area contributed by atoms with Crippen molar-refractivity contribution in [2.45, 2.75) is 86.3 Å². The smallest absolute Gasteiger partial charge is 0.330 e. The van der Waals surface area contributed by atoms with Gasteiger partial charge in [0.15, 0.2) is 6.23 Å². The van der Waals surface area contributed by atoms with Gasteiger partial charge in [0.2, 0.25) is 0 Å². The van der Waals surface area contributed by atoms with E-state index < -0.39 is 45.8 Å². The lowest BCUT2D eigenvalue weighted by atomic mass is 10.0. The summed E-state index contributed by atoms with van der Waals surface area (Å²) in [6.07, 6.45) is 0.322. The van der Waals surface area contributed by atoms with Crippen LogP contribution in [-0.4, -0.2) is 54.3 Å². The third-order valence-corrected chi connectivity index (χ3v) is 23.4. The van der Waals surface area contributed by atoms with Crippen molar-refractivity contribution < 1.29 is 13.6 Å². The summed E-state index contributed by atoms with van der Waals surface area (Å²) >= 11 is 6.95. The van der Waals surface area contributed by atoms with E-state index in [1.807, 2.05) is 24.3 Å². The van der Waals surface area contributed by atoms with Crippen LogP contribution in [0.4, 0.5) is 0 Å². The summed E-state index contributed by atoms with van der Waals surface area (Å²) in [5, 5.41) is 3.65. The average molecular weight is 795 g/mol. The number of ether oxygens (including phenoxy) is 1. The highest BCUT2D eigenvalue weighted by molar-refractivity contribution is 8.11. The molecule has 2 saturated heterocycles. The van der Waals surface area contributed by atoms with Crippen LogP contribution < -0.4 is 32.0 Å². The van der Waals surface area contributed by atoms with Gasteiger partial charge in [-0.25, -0.2) is 4.79 Å². The molecule has 0 radical (unpaired) electrons. The fourth-order valence-electron chi connectivity index (χ4n) is 8.60. The quantitative estimate of drug-likeness (QED) is 0.133. The van der Waals surface area contributed by atoms with Crippen molar-refractivity contribution in [3.05, 3.63) is 154 Å². The number of rotatable bonds is 10. The Morgan fingerprint density at radius 3 is 1.59 bits per heavy atom. The number of aromatic nitrogens is 2. The van der Waals surface area contributed by atoms with E-state index >= 15 is 0 Å². The molecule has 0 spiro atoms. The first-order valence-electron chi connectivity index (χ1n) is 18.5. The van der Waals surface area contributed by atoms with Crippen LogP contribution >= 0.6 is 24.4 Å². The summed E-state index contributed by atoms with van der Waals surface area (Å²) in [5.74, 6) is 0. The Kier molecular flexibility index (Phi) is 10.5. The van der Waals surface area contributed by atoms with E-state index in [-0.39, 0.29) is 26.5 Å². The summed E-state index contributed by atoms with van der Waals surface area (Å²) < 4.78 is 24.1. The molecule has 1 aromatic heterocycles. The molecule has 5 aromatic rings. The number of fused-ring (bicyclic) bond motifs is 2. The van der Waals surface area contributed by atoms with Gasteiger partial charge in [-0.05, 0) is 37.7 Å². The number of thiol groups is 1. The summed E-state index contributed by atoms with van der Waals surface area (Å²) in [6.45, 7) is 15.5. The summed E-state index contributed by atoms with van der Waals surface area (Å²) in [6, 6.07) is 42.3. The molecular weight excluding hydrogens is 745 g/mol. The van der Waals surface area contributed by atoms with Crippen molar-refractivity contribution >= 4 is 61.8 Å². The maximum atomic E-state index is 13.6. The number of H-pyrrole nitrogens is 1. The Labute approximate surface area is 330 Å². The van der Waals surface area contributed by atoms with Crippen LogP contribution in [-0.2, 0) is 13.6 Å². The number of benzene rings is 4. The highest BCUT2D eigenvalue weighted by Gasteiger charge is 2.70. The summed E-state index contributed by atoms with van der Waals surface area (Å²) in [7, 11) is -6.21. The van der Waals surface area contributed by atoms with Gasteiger partial charge in [-0.15, -0.1) is 11.8 Å². The van der Waals surface area contributed by atoms with Crippen LogP contribution in [0.1, 0.15) is 53.3 Å².